The van der Waals surface area contributed by atoms with Crippen LogP contribution in [0, 0.1) is 29.5 Å². The molecule has 1 aliphatic carbocycles. The molecule has 0 radical (unpaired) electrons. The Morgan fingerprint density at radius 3 is 2.82 bits per heavy atom. The number of aliphatic hydroxyl groups excluding tert-OH is 2. The van der Waals surface area contributed by atoms with Crippen molar-refractivity contribution in [1.29, 1.82) is 0 Å². The van der Waals surface area contributed by atoms with Crippen molar-refractivity contribution in [3.63, 3.8) is 0 Å². The number of carboxylic acid groups (broad SMARTS) is 1. The Kier molecular flexibility index (Phi) is 10.2. The standard InChI is InChI=1S/C26H36ClFO6/c1-2-3-17(26(31)32)6-4-16-5-8-23-22(24(30)13-25(23)34-14-16)9-7-20(29)15-33-21-11-18(27)10-19(28)12-21/h7,9-12,16-17,20,22-25,29-30H,2-6,8,13-15H2,1H3,(H,31,32)/t16-,17?,20-,22-,23-,24-,25+/m1/s1. The summed E-state index contributed by atoms with van der Waals surface area (Å²) in [6, 6.07) is 3.86. The molecule has 1 saturated heterocycles. The zero-order valence-corrected chi connectivity index (χ0v) is 20.4. The summed E-state index contributed by atoms with van der Waals surface area (Å²) in [6.07, 6.45) is 7.39. The van der Waals surface area contributed by atoms with E-state index in [-0.39, 0.29) is 41.2 Å². The van der Waals surface area contributed by atoms with Crippen LogP contribution in [0.15, 0.2) is 30.4 Å². The Morgan fingerprint density at radius 1 is 1.32 bits per heavy atom. The highest BCUT2D eigenvalue weighted by molar-refractivity contribution is 6.30. The van der Waals surface area contributed by atoms with Crippen molar-refractivity contribution >= 4 is 17.6 Å². The third kappa shape index (κ3) is 7.67. The van der Waals surface area contributed by atoms with E-state index in [1.807, 2.05) is 13.0 Å². The summed E-state index contributed by atoms with van der Waals surface area (Å²) in [4.78, 5) is 11.4. The van der Waals surface area contributed by atoms with Crippen molar-refractivity contribution in [2.75, 3.05) is 13.2 Å². The first-order chi connectivity index (χ1) is 16.3. The highest BCUT2D eigenvalue weighted by Gasteiger charge is 2.43. The molecule has 1 aromatic rings. The van der Waals surface area contributed by atoms with Crippen molar-refractivity contribution in [3.05, 3.63) is 41.2 Å². The van der Waals surface area contributed by atoms with E-state index in [0.29, 0.717) is 31.8 Å². The lowest BCUT2D eigenvalue weighted by Gasteiger charge is -2.21. The van der Waals surface area contributed by atoms with Gasteiger partial charge in [-0.05, 0) is 56.1 Å². The maximum absolute atomic E-state index is 13.4. The van der Waals surface area contributed by atoms with Crippen LogP contribution in [0.2, 0.25) is 5.02 Å². The van der Waals surface area contributed by atoms with Gasteiger partial charge in [-0.3, -0.25) is 4.79 Å². The van der Waals surface area contributed by atoms with E-state index in [1.54, 1.807) is 6.08 Å². The van der Waals surface area contributed by atoms with Gasteiger partial charge >= 0.3 is 5.97 Å². The fourth-order valence-electron chi connectivity index (χ4n) is 5.23. The molecular formula is C26H36ClFO6. The molecule has 0 aromatic heterocycles. The molecule has 190 valence electrons. The van der Waals surface area contributed by atoms with Gasteiger partial charge in [-0.15, -0.1) is 0 Å². The Morgan fingerprint density at radius 2 is 2.12 bits per heavy atom. The average molecular weight is 499 g/mol. The summed E-state index contributed by atoms with van der Waals surface area (Å²) in [5.74, 6) is -0.940. The molecule has 2 aliphatic rings. The van der Waals surface area contributed by atoms with Crippen molar-refractivity contribution < 1.29 is 34.0 Å². The van der Waals surface area contributed by atoms with Gasteiger partial charge in [-0.1, -0.05) is 37.1 Å². The minimum Gasteiger partial charge on any atom is -0.490 e. The molecule has 7 atom stereocenters. The smallest absolute Gasteiger partial charge is 0.306 e. The first-order valence-corrected chi connectivity index (χ1v) is 12.6. The van der Waals surface area contributed by atoms with Crippen molar-refractivity contribution in [2.24, 2.45) is 23.7 Å². The SMILES string of the molecule is CCCC(CC[C@@H]1CC[C@@H]2[C@@H](C=C[C@@H](O)COc3cc(F)cc(Cl)c3)[C@H](O)C[C@@H]2OC1)C(=O)O. The van der Waals surface area contributed by atoms with E-state index in [4.69, 9.17) is 21.1 Å². The number of carbonyl (C=O) groups is 1. The van der Waals surface area contributed by atoms with Crippen LogP contribution < -0.4 is 4.74 Å². The lowest BCUT2D eigenvalue weighted by Crippen LogP contribution is -2.22. The largest absolute Gasteiger partial charge is 0.490 e. The number of hydrogen-bond acceptors (Lipinski definition) is 5. The number of aliphatic hydroxyl groups is 2. The van der Waals surface area contributed by atoms with Gasteiger partial charge in [-0.2, -0.15) is 0 Å². The van der Waals surface area contributed by atoms with E-state index in [0.717, 1.165) is 25.7 Å². The number of carboxylic acids is 1. The Hall–Kier alpha value is -1.67. The van der Waals surface area contributed by atoms with Crippen LogP contribution in [0.5, 0.6) is 5.75 Å². The zero-order chi connectivity index (χ0) is 24.7. The summed E-state index contributed by atoms with van der Waals surface area (Å²) in [7, 11) is 0. The van der Waals surface area contributed by atoms with E-state index >= 15 is 0 Å². The fraction of sp³-hybridized carbons (Fsp3) is 0.654. The Bertz CT molecular complexity index is 813. The van der Waals surface area contributed by atoms with Crippen LogP contribution in [0.1, 0.15) is 51.9 Å². The first-order valence-electron chi connectivity index (χ1n) is 12.2. The van der Waals surface area contributed by atoms with Crippen LogP contribution in [-0.4, -0.2) is 52.8 Å². The number of benzene rings is 1. The van der Waals surface area contributed by atoms with Crippen LogP contribution in [0.3, 0.4) is 0 Å². The minimum atomic E-state index is -0.917. The molecule has 0 spiro atoms. The van der Waals surface area contributed by atoms with Gasteiger partial charge < -0.3 is 24.8 Å². The van der Waals surface area contributed by atoms with Gasteiger partial charge in [0.15, 0.2) is 0 Å². The molecule has 0 amide bonds. The summed E-state index contributed by atoms with van der Waals surface area (Å²) in [5, 5.41) is 30.5. The highest BCUT2D eigenvalue weighted by Crippen LogP contribution is 2.42. The summed E-state index contributed by atoms with van der Waals surface area (Å²) in [5.41, 5.74) is 0. The zero-order valence-electron chi connectivity index (χ0n) is 19.6. The van der Waals surface area contributed by atoms with Crippen LogP contribution in [-0.2, 0) is 9.53 Å². The number of hydrogen-bond donors (Lipinski definition) is 3. The molecule has 6 nitrogen and oxygen atoms in total. The molecule has 1 aliphatic heterocycles. The van der Waals surface area contributed by atoms with Crippen LogP contribution >= 0.6 is 11.6 Å². The highest BCUT2D eigenvalue weighted by atomic mass is 35.5. The second kappa shape index (κ2) is 12.9. The van der Waals surface area contributed by atoms with Crippen molar-refractivity contribution in [2.45, 2.75) is 70.2 Å². The monoisotopic (exact) mass is 498 g/mol. The maximum Gasteiger partial charge on any atom is 0.306 e. The van der Waals surface area contributed by atoms with Gasteiger partial charge in [-0.25, -0.2) is 4.39 Å². The predicted molar refractivity (Wildman–Crippen MR) is 127 cm³/mol. The van der Waals surface area contributed by atoms with E-state index in [2.05, 4.69) is 0 Å². The van der Waals surface area contributed by atoms with Gasteiger partial charge in [0, 0.05) is 30.0 Å². The topological polar surface area (TPSA) is 96.2 Å². The lowest BCUT2D eigenvalue weighted by molar-refractivity contribution is -0.142. The van der Waals surface area contributed by atoms with E-state index in [1.165, 1.54) is 18.2 Å². The normalized spacial score (nSPS) is 28.9. The second-order valence-electron chi connectivity index (χ2n) is 9.63. The average Bonchev–Trinajstić information content (AvgIpc) is 2.94. The van der Waals surface area contributed by atoms with Gasteiger partial charge in [0.05, 0.1) is 18.1 Å². The number of ether oxygens (including phenoxy) is 2. The molecular weight excluding hydrogens is 463 g/mol. The Balaban J connectivity index is 1.51. The molecule has 8 heteroatoms. The summed E-state index contributed by atoms with van der Waals surface area (Å²) >= 11 is 5.82. The maximum atomic E-state index is 13.4. The molecule has 0 bridgehead atoms. The van der Waals surface area contributed by atoms with Crippen molar-refractivity contribution in [1.82, 2.24) is 0 Å². The fourth-order valence-corrected chi connectivity index (χ4v) is 5.44. The van der Waals surface area contributed by atoms with Crippen LogP contribution in [0.25, 0.3) is 0 Å². The van der Waals surface area contributed by atoms with Gasteiger partial charge in [0.2, 0.25) is 0 Å². The molecule has 1 heterocycles. The van der Waals surface area contributed by atoms with E-state index in [9.17, 15) is 24.5 Å². The van der Waals surface area contributed by atoms with Gasteiger partial charge in [0.1, 0.15) is 24.3 Å². The summed E-state index contributed by atoms with van der Waals surface area (Å²) in [6.45, 7) is 2.54. The lowest BCUT2D eigenvalue weighted by atomic mass is 9.85. The number of rotatable bonds is 11. The number of aliphatic carboxylic acids is 1. The van der Waals surface area contributed by atoms with Crippen LogP contribution in [0.4, 0.5) is 4.39 Å². The van der Waals surface area contributed by atoms with Gasteiger partial charge in [0.25, 0.3) is 0 Å². The number of halogens is 2. The first kappa shape index (κ1) is 26.9. The summed E-state index contributed by atoms with van der Waals surface area (Å²) < 4.78 is 25.0. The second-order valence-corrected chi connectivity index (χ2v) is 10.1. The molecule has 3 N–H and O–H groups in total. The number of fused-ring (bicyclic) bond motifs is 1. The molecule has 2 fully saturated rings. The molecule has 1 unspecified atom stereocenters. The molecule has 1 saturated carbocycles. The predicted octanol–water partition coefficient (Wildman–Crippen LogP) is 4.85. The third-order valence-electron chi connectivity index (χ3n) is 7.07. The van der Waals surface area contributed by atoms with Crippen molar-refractivity contribution in [3.8, 4) is 5.75 Å². The quantitative estimate of drug-likeness (QED) is 0.377. The third-order valence-corrected chi connectivity index (χ3v) is 7.28. The molecule has 1 aromatic carbocycles. The Labute approximate surface area is 205 Å². The minimum absolute atomic E-state index is 0.0385. The molecule has 3 rings (SSSR count). The molecule has 34 heavy (non-hydrogen) atoms. The van der Waals surface area contributed by atoms with E-state index < -0.39 is 24.0 Å².